The van der Waals surface area contributed by atoms with Crippen molar-refractivity contribution < 1.29 is 23.7 Å². The van der Waals surface area contributed by atoms with Crippen molar-refractivity contribution in [1.29, 1.82) is 0 Å². The van der Waals surface area contributed by atoms with Gasteiger partial charge < -0.3 is 20.1 Å². The summed E-state index contributed by atoms with van der Waals surface area (Å²) in [6, 6.07) is 18.6. The number of carbonyl (C=O) groups is 1. The van der Waals surface area contributed by atoms with E-state index < -0.39 is 37.2 Å². The number of carbonyl (C=O) groups excluding carboxylic acids is 1. The van der Waals surface area contributed by atoms with Gasteiger partial charge in [-0.25, -0.2) is 9.38 Å². The van der Waals surface area contributed by atoms with Crippen LogP contribution in [0.15, 0.2) is 76.8 Å². The topological polar surface area (TPSA) is 145 Å². The normalized spacial score (nSPS) is 23.2. The number of nitrogens with one attached hydrogen (secondary N) is 2. The molecule has 5 aromatic rings. The molecule has 2 fully saturated rings. The van der Waals surface area contributed by atoms with Crippen LogP contribution >= 0.6 is 18.9 Å². The molecule has 0 spiro atoms. The lowest BCUT2D eigenvalue weighted by Crippen LogP contribution is -2.37. The molecular formula is C26H22N6O6PS2+. The van der Waals surface area contributed by atoms with E-state index in [1.807, 2.05) is 48.5 Å². The number of imidazole rings is 2. The highest BCUT2D eigenvalue weighted by molar-refractivity contribution is 8.00. The number of amides is 1. The molecule has 5 heterocycles. The fourth-order valence-electron chi connectivity index (χ4n) is 4.91. The molecule has 5 atom stereocenters. The van der Waals surface area contributed by atoms with Crippen molar-refractivity contribution in [2.75, 3.05) is 17.7 Å². The molecule has 0 radical (unpaired) electrons. The first-order valence-corrected chi connectivity index (χ1v) is 15.8. The van der Waals surface area contributed by atoms with Crippen molar-refractivity contribution in [2.24, 2.45) is 0 Å². The van der Waals surface area contributed by atoms with E-state index in [1.165, 1.54) is 4.40 Å². The molecular weight excluding hydrogens is 587 g/mol. The number of fused-ring (bicyclic) bond motifs is 3. The van der Waals surface area contributed by atoms with Crippen LogP contribution < -0.4 is 10.9 Å². The summed E-state index contributed by atoms with van der Waals surface area (Å²) in [6.07, 6.45) is -1.77. The van der Waals surface area contributed by atoms with Crippen LogP contribution in [0.25, 0.3) is 28.2 Å². The number of aliphatic hydroxyl groups is 1. The number of nitrogens with zero attached hydrogens (tertiary/aromatic N) is 4. The first-order valence-electron chi connectivity index (χ1n) is 12.6. The summed E-state index contributed by atoms with van der Waals surface area (Å²) in [6.45, 7) is 0.166. The van der Waals surface area contributed by atoms with Crippen LogP contribution in [0.2, 0.25) is 0 Å². The van der Waals surface area contributed by atoms with Gasteiger partial charge in [-0.2, -0.15) is 4.98 Å². The molecule has 208 valence electrons. The second kappa shape index (κ2) is 10.7. The number of benzene rings is 2. The predicted octanol–water partition coefficient (Wildman–Crippen LogP) is 3.22. The molecule has 3 N–H and O–H groups in total. The van der Waals surface area contributed by atoms with E-state index in [0.29, 0.717) is 17.2 Å². The number of aromatic amines is 1. The second-order valence-corrected chi connectivity index (χ2v) is 12.2. The van der Waals surface area contributed by atoms with Crippen molar-refractivity contribution >= 4 is 59.3 Å². The predicted molar refractivity (Wildman–Crippen MR) is 155 cm³/mol. The minimum Gasteiger partial charge on any atom is -0.385 e. The Morgan fingerprint density at radius 2 is 1.93 bits per heavy atom. The molecule has 1 amide bonds. The number of ether oxygens (including phenoxy) is 1. The van der Waals surface area contributed by atoms with Crippen molar-refractivity contribution in [3.05, 3.63) is 77.2 Å². The highest BCUT2D eigenvalue weighted by atomic mass is 32.4. The number of hydrogen-bond donors (Lipinski definition) is 3. The summed E-state index contributed by atoms with van der Waals surface area (Å²) in [5.74, 6) is 0.0149. The zero-order valence-corrected chi connectivity index (χ0v) is 23.6. The lowest BCUT2D eigenvalue weighted by Gasteiger charge is -2.18. The van der Waals surface area contributed by atoms with Crippen LogP contribution in [0, 0.1) is 0 Å². The lowest BCUT2D eigenvalue weighted by molar-refractivity contribution is -0.113. The smallest absolute Gasteiger partial charge is 0.385 e. The largest absolute Gasteiger partial charge is 0.522 e. The monoisotopic (exact) mass is 609 g/mol. The molecule has 15 heteroatoms. The summed E-state index contributed by atoms with van der Waals surface area (Å²) in [7, 11) is -1.57. The number of H-pyrrole nitrogens is 1. The maximum Gasteiger partial charge on any atom is 0.522 e. The molecule has 41 heavy (non-hydrogen) atoms. The van der Waals surface area contributed by atoms with Gasteiger partial charge >= 0.3 is 7.15 Å². The Labute approximate surface area is 242 Å². The van der Waals surface area contributed by atoms with Crippen molar-refractivity contribution in [3.63, 3.8) is 0 Å². The third kappa shape index (κ3) is 4.87. The number of anilines is 1. The Morgan fingerprint density at radius 1 is 1.17 bits per heavy atom. The molecule has 3 aromatic heterocycles. The maximum atomic E-state index is 13.6. The van der Waals surface area contributed by atoms with Gasteiger partial charge in [0.2, 0.25) is 23.5 Å². The standard InChI is InChI=1S/C26H21N6O6PS2/c33-18(27-15-9-5-2-6-10-15)13-41-26-29-19-22(32(26)24-20(34)21-17(37-24)12-36-39(40)38-21)30-25-28-16(11-31(25)23(19)35)14-7-3-1-4-8-14/h1-11,17,20-21,24,34H,12-13H2,(H-,27,28,30,33,35)/p+1/t17?,20?,21-,24-/m1/s1. The Morgan fingerprint density at radius 3 is 2.71 bits per heavy atom. The number of para-hydroxylation sites is 1. The molecule has 0 aliphatic carbocycles. The third-order valence-corrected chi connectivity index (χ3v) is 9.11. The van der Waals surface area contributed by atoms with Crippen molar-refractivity contribution in [1.82, 2.24) is 23.9 Å². The summed E-state index contributed by atoms with van der Waals surface area (Å²) < 4.78 is 20.3. The summed E-state index contributed by atoms with van der Waals surface area (Å²) in [5, 5.41) is 14.4. The Balaban J connectivity index is 1.30. The van der Waals surface area contributed by atoms with Crippen LogP contribution in [0.4, 0.5) is 5.69 Å². The zero-order valence-electron chi connectivity index (χ0n) is 21.1. The van der Waals surface area contributed by atoms with Crippen molar-refractivity contribution in [3.8, 4) is 11.3 Å². The van der Waals surface area contributed by atoms with Crippen LogP contribution in [0.5, 0.6) is 0 Å². The summed E-state index contributed by atoms with van der Waals surface area (Å²) in [5.41, 5.74) is 2.11. The van der Waals surface area contributed by atoms with E-state index in [2.05, 4.69) is 15.3 Å². The minimum atomic E-state index is -1.57. The fourth-order valence-corrected chi connectivity index (χ4v) is 7.00. The van der Waals surface area contributed by atoms with Gasteiger partial charge in [-0.3, -0.25) is 14.2 Å². The number of rotatable bonds is 6. The molecule has 2 aromatic carbocycles. The van der Waals surface area contributed by atoms with Gasteiger partial charge in [0.15, 0.2) is 28.7 Å². The van der Waals surface area contributed by atoms with Gasteiger partial charge in [-0.1, -0.05) is 60.3 Å². The Hall–Kier alpha value is -3.49. The van der Waals surface area contributed by atoms with Gasteiger partial charge in [0.05, 0.1) is 11.4 Å². The van der Waals surface area contributed by atoms with Crippen LogP contribution in [-0.2, 0) is 30.4 Å². The Kier molecular flexibility index (Phi) is 6.91. The Bertz CT molecular complexity index is 1850. The second-order valence-electron chi connectivity index (χ2n) is 9.43. The average Bonchev–Trinajstić information content (AvgIpc) is 3.67. The number of aromatic nitrogens is 5. The molecule has 7 rings (SSSR count). The highest BCUT2D eigenvalue weighted by Crippen LogP contribution is 2.44. The van der Waals surface area contributed by atoms with E-state index in [-0.39, 0.29) is 34.6 Å². The molecule has 3 unspecified atom stereocenters. The maximum absolute atomic E-state index is 13.6. The van der Waals surface area contributed by atoms with Gasteiger partial charge in [0, 0.05) is 11.9 Å². The zero-order chi connectivity index (χ0) is 28.1. The van der Waals surface area contributed by atoms with Gasteiger partial charge in [0.25, 0.3) is 5.56 Å². The van der Waals surface area contributed by atoms with Gasteiger partial charge in [-0.15, -0.1) is 9.05 Å². The minimum absolute atomic E-state index is 0.0116. The number of aliphatic hydroxyl groups excluding tert-OH is 1. The van der Waals surface area contributed by atoms with Crippen LogP contribution in [-0.4, -0.2) is 65.6 Å². The number of thioether (sulfide) groups is 1. The van der Waals surface area contributed by atoms with E-state index >= 15 is 0 Å². The molecule has 0 saturated carbocycles. The third-order valence-electron chi connectivity index (χ3n) is 6.81. The lowest BCUT2D eigenvalue weighted by atomic mass is 10.1. The van der Waals surface area contributed by atoms with Gasteiger partial charge in [0.1, 0.15) is 18.8 Å². The van der Waals surface area contributed by atoms with E-state index in [9.17, 15) is 14.7 Å². The van der Waals surface area contributed by atoms with E-state index in [4.69, 9.17) is 30.6 Å². The fraction of sp³-hybridized carbons (Fsp3) is 0.231. The number of hydrogen-bond acceptors (Lipinski definition) is 10. The van der Waals surface area contributed by atoms with Gasteiger partial charge in [-0.05, 0) is 17.7 Å². The van der Waals surface area contributed by atoms with Crippen LogP contribution in [0.1, 0.15) is 6.23 Å². The molecule has 0 bridgehead atoms. The SMILES string of the molecule is O=C(CSc1nc2c(=O)n3cc(-c4ccccc4)[nH]c3nc2n1[C@@H]1OC2CO[P+](=S)O[C@H]2C1O)Nc1ccccc1. The molecule has 2 aliphatic rings. The summed E-state index contributed by atoms with van der Waals surface area (Å²) in [4.78, 5) is 38.9. The summed E-state index contributed by atoms with van der Waals surface area (Å²) >= 11 is 6.27. The molecule has 2 saturated heterocycles. The highest BCUT2D eigenvalue weighted by Gasteiger charge is 2.54. The molecule has 2 aliphatic heterocycles. The van der Waals surface area contributed by atoms with E-state index in [1.54, 1.807) is 22.9 Å². The average molecular weight is 610 g/mol. The van der Waals surface area contributed by atoms with Crippen molar-refractivity contribution in [2.45, 2.75) is 29.7 Å². The first kappa shape index (κ1) is 26.4. The molecule has 12 nitrogen and oxygen atoms in total. The van der Waals surface area contributed by atoms with Crippen LogP contribution in [0.3, 0.4) is 0 Å². The van der Waals surface area contributed by atoms with E-state index in [0.717, 1.165) is 17.3 Å². The first-order chi connectivity index (χ1) is 20.0. The quantitative estimate of drug-likeness (QED) is 0.194.